The van der Waals surface area contributed by atoms with Gasteiger partial charge >= 0.3 is 12.1 Å². The molecule has 3 nitrogen and oxygen atoms in total. The number of hydrogen-bond donors (Lipinski definition) is 2. The van der Waals surface area contributed by atoms with Gasteiger partial charge in [0.25, 0.3) is 0 Å². The minimum absolute atomic E-state index is 0.140. The quantitative estimate of drug-likeness (QED) is 0.793. The van der Waals surface area contributed by atoms with E-state index in [1.54, 1.807) is 11.4 Å². The maximum atomic E-state index is 11.8. The second-order valence-electron chi connectivity index (χ2n) is 3.12. The summed E-state index contributed by atoms with van der Waals surface area (Å²) in [5.74, 6) is -1.05. The number of hydrogen-bond acceptors (Lipinski definition) is 3. The molecule has 0 spiro atoms. The third-order valence-corrected chi connectivity index (χ3v) is 2.79. The molecule has 0 fully saturated rings. The summed E-state index contributed by atoms with van der Waals surface area (Å²) < 4.78 is 35.4. The van der Waals surface area contributed by atoms with Gasteiger partial charge in [0.05, 0.1) is 6.42 Å². The Labute approximate surface area is 93.9 Å². The smallest absolute Gasteiger partial charge is 0.390 e. The van der Waals surface area contributed by atoms with Gasteiger partial charge in [0, 0.05) is 13.1 Å². The highest BCUT2D eigenvalue weighted by molar-refractivity contribution is 7.12. The molecule has 0 aliphatic heterocycles. The molecule has 1 rings (SSSR count). The van der Waals surface area contributed by atoms with Gasteiger partial charge in [-0.15, -0.1) is 11.3 Å². The highest BCUT2D eigenvalue weighted by Gasteiger charge is 2.26. The lowest BCUT2D eigenvalue weighted by molar-refractivity contribution is -0.133. The van der Waals surface area contributed by atoms with Crippen molar-refractivity contribution in [1.29, 1.82) is 0 Å². The lowest BCUT2D eigenvalue weighted by Crippen LogP contribution is -2.21. The number of thiophene rings is 1. The average molecular weight is 253 g/mol. The molecule has 0 amide bonds. The van der Waals surface area contributed by atoms with Crippen LogP contribution in [0.1, 0.15) is 21.7 Å². The number of carbonyl (C=O) groups is 1. The molecule has 1 heterocycles. The molecule has 2 N–H and O–H groups in total. The lowest BCUT2D eigenvalue weighted by atomic mass is 10.2. The molecule has 0 aromatic carbocycles. The number of carboxylic acids is 1. The van der Waals surface area contributed by atoms with Crippen LogP contribution in [-0.2, 0) is 6.54 Å². The lowest BCUT2D eigenvalue weighted by Gasteiger charge is -2.07. The molecule has 0 saturated carbocycles. The van der Waals surface area contributed by atoms with Crippen LogP contribution < -0.4 is 5.32 Å². The Morgan fingerprint density at radius 2 is 2.19 bits per heavy atom. The fourth-order valence-corrected chi connectivity index (χ4v) is 1.88. The van der Waals surface area contributed by atoms with Crippen molar-refractivity contribution in [2.45, 2.75) is 19.1 Å². The SMILES string of the molecule is O=C(O)c1sccc1CNCCC(F)(F)F. The molecule has 0 aliphatic carbocycles. The van der Waals surface area contributed by atoms with E-state index in [1.165, 1.54) is 0 Å². The van der Waals surface area contributed by atoms with Crippen LogP contribution in [0.5, 0.6) is 0 Å². The zero-order chi connectivity index (χ0) is 12.2. The molecule has 7 heteroatoms. The molecule has 0 saturated heterocycles. The maximum absolute atomic E-state index is 11.8. The summed E-state index contributed by atoms with van der Waals surface area (Å²) in [5, 5.41) is 12.9. The van der Waals surface area contributed by atoms with Crippen LogP contribution in [0.15, 0.2) is 11.4 Å². The zero-order valence-electron chi connectivity index (χ0n) is 8.17. The summed E-state index contributed by atoms with van der Waals surface area (Å²) >= 11 is 1.06. The summed E-state index contributed by atoms with van der Waals surface area (Å²) in [6.45, 7) is -0.0698. The predicted molar refractivity (Wildman–Crippen MR) is 53.7 cm³/mol. The predicted octanol–water partition coefficient (Wildman–Crippen LogP) is 2.49. The molecule has 0 bridgehead atoms. The largest absolute Gasteiger partial charge is 0.477 e. The van der Waals surface area contributed by atoms with E-state index in [0.29, 0.717) is 5.56 Å². The van der Waals surface area contributed by atoms with Crippen LogP contribution in [0.4, 0.5) is 13.2 Å². The van der Waals surface area contributed by atoms with Gasteiger partial charge in [-0.3, -0.25) is 0 Å². The molecular weight excluding hydrogens is 243 g/mol. The number of aromatic carboxylic acids is 1. The first-order chi connectivity index (χ1) is 7.40. The standard InChI is InChI=1S/C9H10F3NO2S/c10-9(11,12)2-3-13-5-6-1-4-16-7(6)8(14)15/h1,4,13H,2-3,5H2,(H,14,15). The second-order valence-corrected chi connectivity index (χ2v) is 4.04. The highest BCUT2D eigenvalue weighted by Crippen LogP contribution is 2.19. The van der Waals surface area contributed by atoms with Crippen LogP contribution in [0, 0.1) is 0 Å². The molecule has 0 atom stereocenters. The van der Waals surface area contributed by atoms with Gasteiger partial charge in [0.15, 0.2) is 0 Å². The van der Waals surface area contributed by atoms with Crippen molar-refractivity contribution in [1.82, 2.24) is 5.32 Å². The first kappa shape index (κ1) is 13.0. The van der Waals surface area contributed by atoms with Gasteiger partial charge in [0.1, 0.15) is 4.88 Å². The molecule has 90 valence electrons. The Balaban J connectivity index is 2.38. The summed E-state index contributed by atoms with van der Waals surface area (Å²) in [6, 6.07) is 1.59. The van der Waals surface area contributed by atoms with Gasteiger partial charge in [-0.25, -0.2) is 4.79 Å². The Morgan fingerprint density at radius 1 is 1.50 bits per heavy atom. The van der Waals surface area contributed by atoms with Crippen LogP contribution in [0.3, 0.4) is 0 Å². The topological polar surface area (TPSA) is 49.3 Å². The van der Waals surface area contributed by atoms with Crippen LogP contribution >= 0.6 is 11.3 Å². The monoisotopic (exact) mass is 253 g/mol. The molecule has 0 aliphatic rings. The number of carboxylic acid groups (broad SMARTS) is 1. The Hall–Kier alpha value is -1.08. The van der Waals surface area contributed by atoms with Crippen molar-refractivity contribution in [2.75, 3.05) is 6.54 Å². The minimum atomic E-state index is -4.18. The number of alkyl halides is 3. The van der Waals surface area contributed by atoms with Crippen LogP contribution in [0.25, 0.3) is 0 Å². The van der Waals surface area contributed by atoms with Crippen molar-refractivity contribution in [3.63, 3.8) is 0 Å². The van der Waals surface area contributed by atoms with Crippen molar-refractivity contribution in [3.05, 3.63) is 21.9 Å². The number of nitrogens with one attached hydrogen (secondary N) is 1. The van der Waals surface area contributed by atoms with Crippen molar-refractivity contribution in [3.8, 4) is 0 Å². The fraction of sp³-hybridized carbons (Fsp3) is 0.444. The second kappa shape index (κ2) is 5.31. The van der Waals surface area contributed by atoms with E-state index >= 15 is 0 Å². The molecule has 0 radical (unpaired) electrons. The van der Waals surface area contributed by atoms with E-state index in [4.69, 9.17) is 5.11 Å². The van der Waals surface area contributed by atoms with Crippen molar-refractivity contribution < 1.29 is 23.1 Å². The van der Waals surface area contributed by atoms with Gasteiger partial charge in [-0.1, -0.05) is 0 Å². The van der Waals surface area contributed by atoms with Crippen molar-refractivity contribution >= 4 is 17.3 Å². The molecule has 16 heavy (non-hydrogen) atoms. The number of halogens is 3. The normalized spacial score (nSPS) is 11.7. The summed E-state index contributed by atoms with van der Waals surface area (Å²) in [5.41, 5.74) is 0.514. The molecule has 1 aromatic heterocycles. The fourth-order valence-electron chi connectivity index (χ4n) is 1.12. The summed E-state index contributed by atoms with van der Waals surface area (Å²) in [4.78, 5) is 10.8. The third-order valence-electron chi connectivity index (χ3n) is 1.84. The van der Waals surface area contributed by atoms with E-state index in [9.17, 15) is 18.0 Å². The first-order valence-corrected chi connectivity index (χ1v) is 5.35. The minimum Gasteiger partial charge on any atom is -0.477 e. The van der Waals surface area contributed by atoms with E-state index in [2.05, 4.69) is 5.32 Å². The Bertz CT molecular complexity index is 362. The zero-order valence-corrected chi connectivity index (χ0v) is 8.99. The summed E-state index contributed by atoms with van der Waals surface area (Å²) in [7, 11) is 0. The highest BCUT2D eigenvalue weighted by atomic mass is 32.1. The van der Waals surface area contributed by atoms with Gasteiger partial charge in [0.2, 0.25) is 0 Å². The van der Waals surface area contributed by atoms with Gasteiger partial charge < -0.3 is 10.4 Å². The van der Waals surface area contributed by atoms with Gasteiger partial charge in [-0.05, 0) is 17.0 Å². The number of rotatable bonds is 5. The summed E-state index contributed by atoms with van der Waals surface area (Å²) in [6.07, 6.45) is -5.10. The average Bonchev–Trinajstić information content (AvgIpc) is 2.58. The van der Waals surface area contributed by atoms with Crippen LogP contribution in [0.2, 0.25) is 0 Å². The Kier molecular flexibility index (Phi) is 4.31. The van der Waals surface area contributed by atoms with E-state index in [0.717, 1.165) is 11.3 Å². The molecule has 0 unspecified atom stereocenters. The maximum Gasteiger partial charge on any atom is 0.390 e. The molecular formula is C9H10F3NO2S. The Morgan fingerprint density at radius 3 is 2.75 bits per heavy atom. The first-order valence-electron chi connectivity index (χ1n) is 4.47. The van der Waals surface area contributed by atoms with E-state index in [1.807, 2.05) is 0 Å². The van der Waals surface area contributed by atoms with E-state index in [-0.39, 0.29) is 18.0 Å². The van der Waals surface area contributed by atoms with Crippen LogP contribution in [-0.4, -0.2) is 23.8 Å². The van der Waals surface area contributed by atoms with Crippen molar-refractivity contribution in [2.24, 2.45) is 0 Å². The van der Waals surface area contributed by atoms with E-state index < -0.39 is 18.6 Å². The van der Waals surface area contributed by atoms with Gasteiger partial charge in [-0.2, -0.15) is 13.2 Å². The molecule has 1 aromatic rings. The third kappa shape index (κ3) is 4.19.